The maximum atomic E-state index is 9.49. The number of aliphatic hydroxyl groups is 1. The molecule has 1 aromatic rings. The molecule has 1 rings (SSSR count). The third kappa shape index (κ3) is 2.82. The highest BCUT2D eigenvalue weighted by atomic mass is 35.5. The van der Waals surface area contributed by atoms with Gasteiger partial charge in [-0.1, -0.05) is 17.7 Å². The molecule has 4 nitrogen and oxygen atoms in total. The van der Waals surface area contributed by atoms with E-state index in [0.717, 1.165) is 0 Å². The Morgan fingerprint density at radius 1 is 1.53 bits per heavy atom. The fourth-order valence-electron chi connectivity index (χ4n) is 1.26. The minimum atomic E-state index is -0.795. The van der Waals surface area contributed by atoms with Gasteiger partial charge < -0.3 is 21.3 Å². The van der Waals surface area contributed by atoms with E-state index in [0.29, 0.717) is 16.3 Å². The van der Waals surface area contributed by atoms with Crippen LogP contribution in [0, 0.1) is 0 Å². The Balaban J connectivity index is 2.95. The normalized spacial score (nSPS) is 14.7. The number of aliphatic hydroxyl groups excluding tert-OH is 1. The van der Waals surface area contributed by atoms with Crippen LogP contribution < -0.4 is 16.2 Å². The number of halogens is 1. The van der Waals surface area contributed by atoms with Gasteiger partial charge in [-0.15, -0.1) is 0 Å². The molecule has 15 heavy (non-hydrogen) atoms. The van der Waals surface area contributed by atoms with Gasteiger partial charge in [0.25, 0.3) is 0 Å². The second-order valence-corrected chi connectivity index (χ2v) is 3.62. The Hall–Kier alpha value is -0.810. The van der Waals surface area contributed by atoms with Gasteiger partial charge in [0.1, 0.15) is 5.75 Å². The number of hydrogen-bond acceptors (Lipinski definition) is 4. The first-order valence-corrected chi connectivity index (χ1v) is 4.95. The summed E-state index contributed by atoms with van der Waals surface area (Å²) in [4.78, 5) is 0. The molecule has 0 aliphatic carbocycles. The Kier molecular flexibility index (Phi) is 4.35. The molecule has 0 fully saturated rings. The van der Waals surface area contributed by atoms with E-state index in [1.165, 1.54) is 0 Å². The second-order valence-electron chi connectivity index (χ2n) is 3.22. The van der Waals surface area contributed by atoms with E-state index in [2.05, 4.69) is 0 Å². The molecule has 0 aliphatic rings. The Morgan fingerprint density at radius 3 is 2.67 bits per heavy atom. The van der Waals surface area contributed by atoms with Crippen molar-refractivity contribution in [2.45, 2.75) is 12.1 Å². The van der Waals surface area contributed by atoms with Crippen molar-refractivity contribution in [1.82, 2.24) is 0 Å². The lowest BCUT2D eigenvalue weighted by molar-refractivity contribution is 0.153. The zero-order valence-electron chi connectivity index (χ0n) is 8.48. The largest absolute Gasteiger partial charge is 0.497 e. The molecule has 1 aromatic carbocycles. The van der Waals surface area contributed by atoms with Crippen LogP contribution in [0.15, 0.2) is 18.2 Å². The number of methoxy groups -OCH3 is 1. The summed E-state index contributed by atoms with van der Waals surface area (Å²) in [6, 6.07) is 4.54. The van der Waals surface area contributed by atoms with Crippen LogP contribution in [0.4, 0.5) is 0 Å². The van der Waals surface area contributed by atoms with Crippen LogP contribution in [-0.4, -0.2) is 24.9 Å². The summed E-state index contributed by atoms with van der Waals surface area (Å²) in [7, 11) is 1.56. The molecule has 84 valence electrons. The summed E-state index contributed by atoms with van der Waals surface area (Å²) < 4.78 is 5.00. The van der Waals surface area contributed by atoms with E-state index in [4.69, 9.17) is 27.8 Å². The molecule has 0 radical (unpaired) electrons. The van der Waals surface area contributed by atoms with Crippen molar-refractivity contribution < 1.29 is 9.84 Å². The summed E-state index contributed by atoms with van der Waals surface area (Å²) in [6.45, 7) is 0.101. The van der Waals surface area contributed by atoms with Gasteiger partial charge in [-0.05, 0) is 17.7 Å². The Bertz CT molecular complexity index is 333. The number of nitrogens with two attached hydrogens (primary N) is 2. The quantitative estimate of drug-likeness (QED) is 0.710. The second kappa shape index (κ2) is 5.32. The molecule has 0 bridgehead atoms. The van der Waals surface area contributed by atoms with E-state index < -0.39 is 12.1 Å². The Labute approximate surface area is 93.8 Å². The van der Waals surface area contributed by atoms with Crippen LogP contribution in [0.5, 0.6) is 5.75 Å². The summed E-state index contributed by atoms with van der Waals surface area (Å²) in [5.74, 6) is 0.651. The smallest absolute Gasteiger partial charge is 0.120 e. The van der Waals surface area contributed by atoms with Crippen LogP contribution in [0.1, 0.15) is 11.6 Å². The van der Waals surface area contributed by atoms with E-state index in [9.17, 15) is 5.11 Å². The first-order valence-electron chi connectivity index (χ1n) is 4.57. The van der Waals surface area contributed by atoms with E-state index >= 15 is 0 Å². The van der Waals surface area contributed by atoms with E-state index in [1.54, 1.807) is 25.3 Å². The molecule has 5 N–H and O–H groups in total. The van der Waals surface area contributed by atoms with Gasteiger partial charge in [-0.3, -0.25) is 0 Å². The van der Waals surface area contributed by atoms with Gasteiger partial charge in [0, 0.05) is 11.6 Å². The van der Waals surface area contributed by atoms with Crippen molar-refractivity contribution in [2.24, 2.45) is 11.5 Å². The average molecular weight is 231 g/mol. The highest BCUT2D eigenvalue weighted by Gasteiger charge is 2.18. The average Bonchev–Trinajstić information content (AvgIpc) is 2.26. The van der Waals surface area contributed by atoms with Crippen molar-refractivity contribution in [2.75, 3.05) is 13.7 Å². The first kappa shape index (κ1) is 12.3. The zero-order valence-corrected chi connectivity index (χ0v) is 9.24. The van der Waals surface area contributed by atoms with Gasteiger partial charge in [0.05, 0.1) is 19.3 Å². The van der Waals surface area contributed by atoms with Crippen LogP contribution in [-0.2, 0) is 0 Å². The van der Waals surface area contributed by atoms with E-state index in [-0.39, 0.29) is 6.54 Å². The molecular formula is C10H15ClN2O2. The van der Waals surface area contributed by atoms with Crippen molar-refractivity contribution >= 4 is 11.6 Å². The predicted molar refractivity (Wildman–Crippen MR) is 60.0 cm³/mol. The summed E-state index contributed by atoms with van der Waals surface area (Å²) >= 11 is 5.99. The SMILES string of the molecule is COc1ccc(C(N)C(O)CN)c(Cl)c1. The van der Waals surface area contributed by atoms with Crippen LogP contribution in [0.3, 0.4) is 0 Å². The Morgan fingerprint density at radius 2 is 2.20 bits per heavy atom. The number of benzene rings is 1. The minimum absolute atomic E-state index is 0.101. The molecule has 2 atom stereocenters. The highest BCUT2D eigenvalue weighted by molar-refractivity contribution is 6.31. The maximum absolute atomic E-state index is 9.49. The molecule has 5 heteroatoms. The van der Waals surface area contributed by atoms with Gasteiger partial charge in [0.2, 0.25) is 0 Å². The molecule has 0 aromatic heterocycles. The van der Waals surface area contributed by atoms with Crippen molar-refractivity contribution in [3.05, 3.63) is 28.8 Å². The van der Waals surface area contributed by atoms with Crippen molar-refractivity contribution in [3.8, 4) is 5.75 Å². The topological polar surface area (TPSA) is 81.5 Å². The van der Waals surface area contributed by atoms with Gasteiger partial charge >= 0.3 is 0 Å². The fraction of sp³-hybridized carbons (Fsp3) is 0.400. The van der Waals surface area contributed by atoms with Crippen LogP contribution in [0.2, 0.25) is 5.02 Å². The van der Waals surface area contributed by atoms with Crippen LogP contribution >= 0.6 is 11.6 Å². The molecule has 0 spiro atoms. The molecule has 0 saturated heterocycles. The summed E-state index contributed by atoms with van der Waals surface area (Å²) in [5, 5.41) is 9.96. The lowest BCUT2D eigenvalue weighted by Gasteiger charge is -2.19. The molecule has 0 heterocycles. The lowest BCUT2D eigenvalue weighted by atomic mass is 10.0. The molecule has 0 aliphatic heterocycles. The summed E-state index contributed by atoms with van der Waals surface area (Å²) in [5.41, 5.74) is 11.8. The van der Waals surface area contributed by atoms with Gasteiger partial charge in [-0.25, -0.2) is 0 Å². The standard InChI is InChI=1S/C10H15ClN2O2/c1-15-6-2-3-7(8(11)4-6)10(13)9(14)5-12/h2-4,9-10,14H,5,12-13H2,1H3. The lowest BCUT2D eigenvalue weighted by Crippen LogP contribution is -2.32. The minimum Gasteiger partial charge on any atom is -0.497 e. The number of hydrogen-bond donors (Lipinski definition) is 3. The maximum Gasteiger partial charge on any atom is 0.120 e. The predicted octanol–water partition coefficient (Wildman–Crippen LogP) is 0.668. The van der Waals surface area contributed by atoms with Crippen molar-refractivity contribution in [1.29, 1.82) is 0 Å². The van der Waals surface area contributed by atoms with Crippen molar-refractivity contribution in [3.63, 3.8) is 0 Å². The monoisotopic (exact) mass is 230 g/mol. The third-order valence-corrected chi connectivity index (χ3v) is 2.55. The first-order chi connectivity index (χ1) is 7.10. The molecule has 2 unspecified atom stereocenters. The van der Waals surface area contributed by atoms with E-state index in [1.807, 2.05) is 0 Å². The number of ether oxygens (including phenoxy) is 1. The highest BCUT2D eigenvalue weighted by Crippen LogP contribution is 2.27. The fourth-order valence-corrected chi connectivity index (χ4v) is 1.56. The molecule has 0 saturated carbocycles. The number of rotatable bonds is 4. The molecular weight excluding hydrogens is 216 g/mol. The molecule has 0 amide bonds. The zero-order chi connectivity index (χ0) is 11.4. The summed E-state index contributed by atoms with van der Waals surface area (Å²) in [6.07, 6.45) is -0.795. The van der Waals surface area contributed by atoms with Gasteiger partial charge in [0.15, 0.2) is 0 Å². The third-order valence-electron chi connectivity index (χ3n) is 2.22. The van der Waals surface area contributed by atoms with Gasteiger partial charge in [-0.2, -0.15) is 0 Å². The van der Waals surface area contributed by atoms with Crippen LogP contribution in [0.25, 0.3) is 0 Å².